The van der Waals surface area contributed by atoms with Crippen molar-refractivity contribution in [3.63, 3.8) is 0 Å². The molecule has 7 nitrogen and oxygen atoms in total. The summed E-state index contributed by atoms with van der Waals surface area (Å²) in [4.78, 5) is 15.6. The van der Waals surface area contributed by atoms with Gasteiger partial charge in [0.2, 0.25) is 9.82 Å². The minimum Gasteiger partial charge on any atom is -0.299 e. The fraction of sp³-hybridized carbons (Fsp3) is 0.357. The first-order chi connectivity index (χ1) is 10.1. The molecule has 1 aromatic rings. The number of allylic oxidation sites excluding steroid dienone is 1. The number of ketones is 1. The van der Waals surface area contributed by atoms with Crippen molar-refractivity contribution in [1.82, 2.24) is 9.82 Å². The molecule has 1 aromatic carbocycles. The average molecular weight is 288 g/mol. The largest absolute Gasteiger partial charge is 0.299 e. The van der Waals surface area contributed by atoms with Gasteiger partial charge in [0.05, 0.1) is 0 Å². The zero-order chi connectivity index (χ0) is 16.1. The van der Waals surface area contributed by atoms with E-state index >= 15 is 0 Å². The quantitative estimate of drug-likeness (QED) is 0.454. The molecule has 1 fully saturated rings. The molecular weight excluding hydrogens is 268 g/mol. The van der Waals surface area contributed by atoms with E-state index in [2.05, 4.69) is 18.2 Å². The summed E-state index contributed by atoms with van der Waals surface area (Å²) in [5.41, 5.74) is 24.5. The van der Waals surface area contributed by atoms with Crippen LogP contribution in [0.2, 0.25) is 0 Å². The molecule has 0 radical (unpaired) electrons. The van der Waals surface area contributed by atoms with Crippen molar-refractivity contribution in [2.24, 2.45) is 5.92 Å². The van der Waals surface area contributed by atoms with Crippen LogP contribution in [0.5, 0.6) is 0 Å². The first kappa shape index (κ1) is 18.2. The minimum absolute atomic E-state index is 0.124. The predicted molar refractivity (Wildman–Crippen MR) is 77.6 cm³/mol. The lowest BCUT2D eigenvalue weighted by molar-refractivity contribution is -0.122. The Balaban J connectivity index is 0.000000578. The van der Waals surface area contributed by atoms with Gasteiger partial charge < -0.3 is 0 Å². The molecular formula is C14H20N6O+2. The summed E-state index contributed by atoms with van der Waals surface area (Å²) in [5.74, 6) is 0.516. The maximum Gasteiger partial charge on any atom is 0.211 e. The monoisotopic (exact) mass is 288 g/mol. The van der Waals surface area contributed by atoms with E-state index in [1.165, 1.54) is 11.1 Å². The van der Waals surface area contributed by atoms with E-state index in [0.29, 0.717) is 5.78 Å². The van der Waals surface area contributed by atoms with Gasteiger partial charge in [0.1, 0.15) is 27.9 Å². The lowest BCUT2D eigenvalue weighted by Gasteiger charge is -2.20. The van der Waals surface area contributed by atoms with Crippen molar-refractivity contribution in [3.05, 3.63) is 41.5 Å². The second-order valence-corrected chi connectivity index (χ2v) is 4.40. The highest BCUT2D eigenvalue weighted by atomic mass is 16.1. The maximum atomic E-state index is 11.6. The molecule has 0 aliphatic heterocycles. The normalized spacial score (nSPS) is 18.2. The van der Waals surface area contributed by atoms with Crippen LogP contribution in [0.1, 0.15) is 31.7 Å². The number of rotatable bonds is 1. The Labute approximate surface area is 123 Å². The molecule has 0 saturated heterocycles. The molecule has 1 aliphatic carbocycles. The van der Waals surface area contributed by atoms with E-state index in [0.717, 1.165) is 19.3 Å². The first-order valence-electron chi connectivity index (χ1n) is 6.45. The van der Waals surface area contributed by atoms with E-state index in [-0.39, 0.29) is 5.92 Å². The second-order valence-electron chi connectivity index (χ2n) is 4.40. The van der Waals surface area contributed by atoms with Gasteiger partial charge in [-0.2, -0.15) is 0 Å². The van der Waals surface area contributed by atoms with Crippen molar-refractivity contribution in [2.75, 3.05) is 0 Å². The summed E-state index contributed by atoms with van der Waals surface area (Å²) in [5, 5.41) is 0. The van der Waals surface area contributed by atoms with Gasteiger partial charge in [0, 0.05) is 12.3 Å². The van der Waals surface area contributed by atoms with E-state index in [1.54, 1.807) is 0 Å². The van der Waals surface area contributed by atoms with Crippen molar-refractivity contribution in [3.8, 4) is 0 Å². The fourth-order valence-electron chi connectivity index (χ4n) is 2.07. The molecule has 110 valence electrons. The minimum atomic E-state index is 0.124. The van der Waals surface area contributed by atoms with Crippen LogP contribution in [0.15, 0.2) is 35.9 Å². The molecule has 7 heteroatoms. The number of nitrogens with zero attached hydrogens (tertiary/aromatic N) is 2. The van der Waals surface area contributed by atoms with Gasteiger partial charge in [0.15, 0.2) is 0 Å². The number of nitrogens with one attached hydrogen (secondary N) is 4. The Hall–Kier alpha value is -2.75. The number of Topliss-reactive ketones (excluding diaryl/α,β-unsaturated/α-hetero) is 1. The topological polar surface area (TPSA) is 141 Å². The summed E-state index contributed by atoms with van der Waals surface area (Å²) >= 11 is 0. The van der Waals surface area contributed by atoms with Crippen LogP contribution in [0.4, 0.5) is 0 Å². The van der Waals surface area contributed by atoms with Gasteiger partial charge in [-0.15, -0.1) is 0 Å². The Morgan fingerprint density at radius 3 is 2.10 bits per heavy atom. The summed E-state index contributed by atoms with van der Waals surface area (Å²) in [6.07, 6.45) is 5.01. The Morgan fingerprint density at radius 1 is 1.05 bits per heavy atom. The van der Waals surface area contributed by atoms with Gasteiger partial charge in [-0.3, -0.25) is 4.79 Å². The molecule has 2 rings (SSSR count). The average Bonchev–Trinajstić information content (AvgIpc) is 2.47. The van der Waals surface area contributed by atoms with Gasteiger partial charge >= 0.3 is 0 Å². The molecule has 0 spiro atoms. The van der Waals surface area contributed by atoms with Gasteiger partial charge in [0.25, 0.3) is 0 Å². The molecule has 0 bridgehead atoms. The number of hydrogen-bond acceptors (Lipinski definition) is 5. The number of hydrogen-bond donors (Lipinski definition) is 4. The Kier molecular flexibility index (Phi) is 9.65. The van der Waals surface area contributed by atoms with Crippen molar-refractivity contribution in [1.29, 1.82) is 22.1 Å². The molecule has 0 heterocycles. The predicted octanol–water partition coefficient (Wildman–Crippen LogP) is 3.69. The highest BCUT2D eigenvalue weighted by Crippen LogP contribution is 2.27. The summed E-state index contributed by atoms with van der Waals surface area (Å²) in [6.45, 7) is 2.02. The first-order valence-corrected chi connectivity index (χ1v) is 6.45. The van der Waals surface area contributed by atoms with Gasteiger partial charge in [-0.25, -0.2) is 0 Å². The lowest BCUT2D eigenvalue weighted by atomic mass is 9.83. The standard InChI is InChI=1S/C14H16O.2H2N3/c1-11-13(8-5-9-14(11)15)10-12-6-3-2-4-7-12;2*1-3-2/h2-4,6-7,10-11H,5,8-9H2,1H3;2*1-2H/q;2*+1. The third-order valence-corrected chi connectivity index (χ3v) is 3.08. The van der Waals surface area contributed by atoms with Crippen LogP contribution >= 0.6 is 0 Å². The van der Waals surface area contributed by atoms with Crippen molar-refractivity contribution < 1.29 is 4.79 Å². The van der Waals surface area contributed by atoms with E-state index < -0.39 is 0 Å². The molecule has 1 saturated carbocycles. The zero-order valence-corrected chi connectivity index (χ0v) is 12.0. The van der Waals surface area contributed by atoms with Gasteiger partial charge in [-0.1, -0.05) is 48.9 Å². The van der Waals surface area contributed by atoms with Crippen LogP contribution in [-0.4, -0.2) is 5.78 Å². The number of carbonyl (C=O) groups excluding carboxylic acids is 1. The van der Waals surface area contributed by atoms with Crippen LogP contribution in [0.3, 0.4) is 0 Å². The number of carbonyl (C=O) groups is 1. The molecule has 1 unspecified atom stereocenters. The van der Waals surface area contributed by atoms with Crippen molar-refractivity contribution in [2.45, 2.75) is 26.2 Å². The summed E-state index contributed by atoms with van der Waals surface area (Å²) in [7, 11) is 0. The maximum absolute atomic E-state index is 11.6. The van der Waals surface area contributed by atoms with E-state index in [1.807, 2.05) is 34.9 Å². The highest BCUT2D eigenvalue weighted by molar-refractivity contribution is 5.85. The second kappa shape index (κ2) is 11.1. The molecule has 1 atom stereocenters. The Morgan fingerprint density at radius 2 is 1.57 bits per heavy atom. The Bertz CT molecular complexity index is 528. The van der Waals surface area contributed by atoms with E-state index in [4.69, 9.17) is 22.1 Å². The third kappa shape index (κ3) is 7.42. The van der Waals surface area contributed by atoms with Crippen LogP contribution in [0, 0.1) is 28.0 Å². The molecule has 0 amide bonds. The lowest BCUT2D eigenvalue weighted by Crippen LogP contribution is -2.18. The summed E-state index contributed by atoms with van der Waals surface area (Å²) in [6, 6.07) is 10.2. The highest BCUT2D eigenvalue weighted by Gasteiger charge is 2.21. The van der Waals surface area contributed by atoms with Crippen LogP contribution in [0.25, 0.3) is 6.08 Å². The van der Waals surface area contributed by atoms with Gasteiger partial charge in [-0.05, 0) is 18.4 Å². The van der Waals surface area contributed by atoms with Crippen LogP contribution in [-0.2, 0) is 4.79 Å². The smallest absolute Gasteiger partial charge is 0.211 e. The van der Waals surface area contributed by atoms with Crippen molar-refractivity contribution >= 4 is 11.9 Å². The number of benzene rings is 1. The molecule has 4 N–H and O–H groups in total. The fourth-order valence-corrected chi connectivity index (χ4v) is 2.07. The summed E-state index contributed by atoms with van der Waals surface area (Å²) < 4.78 is 0. The SMILES string of the molecule is CC1C(=O)CCCC1=Cc1ccccc1.N=[N+]=N.N=[N+]=N. The third-order valence-electron chi connectivity index (χ3n) is 3.08. The zero-order valence-electron chi connectivity index (χ0n) is 12.0. The molecule has 0 aromatic heterocycles. The molecule has 21 heavy (non-hydrogen) atoms. The van der Waals surface area contributed by atoms with Crippen LogP contribution < -0.4 is 9.82 Å². The molecule has 1 aliphatic rings. The van der Waals surface area contributed by atoms with E-state index in [9.17, 15) is 4.79 Å².